The van der Waals surface area contributed by atoms with E-state index in [-0.39, 0.29) is 5.97 Å². The van der Waals surface area contributed by atoms with Crippen LogP contribution in [0.15, 0.2) is 30.3 Å². The second-order valence-corrected chi connectivity index (χ2v) is 4.85. The number of hydrogen-bond donors (Lipinski definition) is 1. The topological polar surface area (TPSA) is 67.9 Å². The first kappa shape index (κ1) is 24.3. The number of aromatic amines is 1. The lowest BCUT2D eigenvalue weighted by atomic mass is 9.95. The number of methoxy groups -OCH3 is 1. The minimum Gasteiger partial charge on any atom is -0.465 e. The molecule has 0 spiro atoms. The van der Waals surface area contributed by atoms with Gasteiger partial charge in [-0.15, -0.1) is 0 Å². The first-order chi connectivity index (χ1) is 13.1. The zero-order valence-corrected chi connectivity index (χ0v) is 18.1. The quantitative estimate of drug-likeness (QED) is 0.552. The van der Waals surface area contributed by atoms with Crippen LogP contribution in [0.3, 0.4) is 0 Å². The minimum absolute atomic E-state index is 0.388. The lowest BCUT2D eigenvalue weighted by Crippen LogP contribution is -2.08. The number of aryl methyl sites for hydroxylation is 2. The Morgan fingerprint density at radius 2 is 1.52 bits per heavy atom. The van der Waals surface area contributed by atoms with Gasteiger partial charge in [0.25, 0.3) is 0 Å². The van der Waals surface area contributed by atoms with Crippen LogP contribution in [0.4, 0.5) is 0 Å². The summed E-state index contributed by atoms with van der Waals surface area (Å²) < 4.78 is 4.94. The zero-order valence-electron chi connectivity index (χ0n) is 18.1. The highest BCUT2D eigenvalue weighted by molar-refractivity contribution is 6.07. The molecule has 0 aliphatic rings. The van der Waals surface area contributed by atoms with Crippen molar-refractivity contribution in [1.82, 2.24) is 15.2 Å². The van der Waals surface area contributed by atoms with Crippen LogP contribution in [-0.4, -0.2) is 28.3 Å². The summed E-state index contributed by atoms with van der Waals surface area (Å²) in [4.78, 5) is 16.6. The van der Waals surface area contributed by atoms with Crippen LogP contribution in [0, 0.1) is 13.8 Å². The van der Waals surface area contributed by atoms with E-state index in [1.807, 2.05) is 78.8 Å². The van der Waals surface area contributed by atoms with Crippen molar-refractivity contribution in [3.8, 4) is 11.1 Å². The average Bonchev–Trinajstić information content (AvgIpc) is 3.11. The normalized spacial score (nSPS) is 9.07. The summed E-state index contributed by atoms with van der Waals surface area (Å²) in [5.74, 6) is -0.388. The smallest absolute Gasteiger partial charge is 0.340 e. The van der Waals surface area contributed by atoms with Gasteiger partial charge in [-0.2, -0.15) is 5.10 Å². The molecule has 0 saturated carbocycles. The van der Waals surface area contributed by atoms with Crippen LogP contribution in [0.1, 0.15) is 63.3 Å². The van der Waals surface area contributed by atoms with E-state index >= 15 is 0 Å². The molecule has 3 aromatic rings. The van der Waals surface area contributed by atoms with Gasteiger partial charge in [0.1, 0.15) is 0 Å². The van der Waals surface area contributed by atoms with E-state index in [2.05, 4.69) is 15.2 Å². The Balaban J connectivity index is 0.00000103. The summed E-state index contributed by atoms with van der Waals surface area (Å²) in [5.41, 5.74) is 4.34. The number of esters is 1. The highest BCUT2D eigenvalue weighted by Gasteiger charge is 2.23. The van der Waals surface area contributed by atoms with Crippen molar-refractivity contribution in [2.75, 3.05) is 7.11 Å². The number of pyridine rings is 1. The van der Waals surface area contributed by atoms with Crippen LogP contribution in [0.5, 0.6) is 0 Å². The van der Waals surface area contributed by atoms with Gasteiger partial charge in [-0.25, -0.2) is 9.78 Å². The standard InChI is InChI=1S/C16H15N3O2.3C2H6/c1-9-13(16(20)21-3)14(11-7-5-4-6-8-11)12-10(2)18-19-15(12)17-9;3*1-2/h4-8H,1-3H3,(H,17,18,19);3*1-2H3. The molecule has 0 bridgehead atoms. The van der Waals surface area contributed by atoms with Gasteiger partial charge in [0.2, 0.25) is 0 Å². The van der Waals surface area contributed by atoms with Gasteiger partial charge in [-0.1, -0.05) is 71.9 Å². The van der Waals surface area contributed by atoms with Crippen LogP contribution in [0.2, 0.25) is 0 Å². The first-order valence-corrected chi connectivity index (χ1v) is 9.62. The number of aromatic nitrogens is 3. The molecule has 0 fully saturated rings. The number of ether oxygens (including phenoxy) is 1. The van der Waals surface area contributed by atoms with Crippen LogP contribution < -0.4 is 0 Å². The van der Waals surface area contributed by atoms with E-state index in [4.69, 9.17) is 4.74 Å². The summed E-state index contributed by atoms with van der Waals surface area (Å²) >= 11 is 0. The Hall–Kier alpha value is -2.69. The van der Waals surface area contributed by atoms with E-state index in [1.54, 1.807) is 6.92 Å². The number of carbonyl (C=O) groups is 1. The van der Waals surface area contributed by atoms with E-state index in [9.17, 15) is 4.79 Å². The molecule has 148 valence electrons. The molecule has 5 heteroatoms. The maximum atomic E-state index is 12.2. The molecule has 0 unspecified atom stereocenters. The Kier molecular flexibility index (Phi) is 11.4. The minimum atomic E-state index is -0.388. The first-order valence-electron chi connectivity index (χ1n) is 9.62. The fraction of sp³-hybridized carbons (Fsp3) is 0.409. The van der Waals surface area contributed by atoms with Gasteiger partial charge in [-0.05, 0) is 19.4 Å². The predicted molar refractivity (Wildman–Crippen MR) is 114 cm³/mol. The summed E-state index contributed by atoms with van der Waals surface area (Å²) in [6, 6.07) is 9.75. The largest absolute Gasteiger partial charge is 0.465 e. The second kappa shape index (κ2) is 12.6. The zero-order chi connectivity index (χ0) is 21.0. The molecule has 27 heavy (non-hydrogen) atoms. The van der Waals surface area contributed by atoms with Gasteiger partial charge < -0.3 is 4.74 Å². The van der Waals surface area contributed by atoms with Crippen molar-refractivity contribution in [3.05, 3.63) is 47.3 Å². The fourth-order valence-electron chi connectivity index (χ4n) is 2.56. The lowest BCUT2D eigenvalue weighted by Gasteiger charge is -2.12. The van der Waals surface area contributed by atoms with E-state index in [0.29, 0.717) is 16.9 Å². The Morgan fingerprint density at radius 1 is 0.963 bits per heavy atom. The highest BCUT2D eigenvalue weighted by atomic mass is 16.5. The third kappa shape index (κ3) is 5.39. The summed E-state index contributed by atoms with van der Waals surface area (Å²) in [6.45, 7) is 15.7. The average molecular weight is 372 g/mol. The number of fused-ring (bicyclic) bond motifs is 1. The molecule has 2 aromatic heterocycles. The predicted octanol–water partition coefficient (Wildman–Crippen LogP) is 6.11. The number of H-pyrrole nitrogens is 1. The second-order valence-electron chi connectivity index (χ2n) is 4.85. The molecule has 0 radical (unpaired) electrons. The number of nitrogens with one attached hydrogen (secondary N) is 1. The van der Waals surface area contributed by atoms with E-state index < -0.39 is 0 Å². The third-order valence-electron chi connectivity index (χ3n) is 3.52. The van der Waals surface area contributed by atoms with Crippen molar-refractivity contribution < 1.29 is 9.53 Å². The Morgan fingerprint density at radius 3 is 2.04 bits per heavy atom. The maximum absolute atomic E-state index is 12.2. The number of hydrogen-bond acceptors (Lipinski definition) is 4. The lowest BCUT2D eigenvalue weighted by molar-refractivity contribution is 0.0600. The third-order valence-corrected chi connectivity index (χ3v) is 3.52. The molecule has 0 atom stereocenters. The van der Waals surface area contributed by atoms with Crippen molar-refractivity contribution in [1.29, 1.82) is 0 Å². The molecule has 1 aromatic carbocycles. The highest BCUT2D eigenvalue weighted by Crippen LogP contribution is 2.34. The molecule has 2 heterocycles. The van der Waals surface area contributed by atoms with Gasteiger partial charge in [-0.3, -0.25) is 5.10 Å². The Labute approximate surface area is 163 Å². The van der Waals surface area contributed by atoms with Gasteiger partial charge in [0.05, 0.1) is 23.8 Å². The molecule has 0 amide bonds. The Bertz CT molecular complexity index is 824. The van der Waals surface area contributed by atoms with Crippen molar-refractivity contribution >= 4 is 17.0 Å². The monoisotopic (exact) mass is 371 g/mol. The van der Waals surface area contributed by atoms with Gasteiger partial charge in [0, 0.05) is 11.3 Å². The molecular weight excluding hydrogens is 338 g/mol. The fourth-order valence-corrected chi connectivity index (χ4v) is 2.56. The van der Waals surface area contributed by atoms with Crippen molar-refractivity contribution in [2.45, 2.75) is 55.4 Å². The molecule has 5 nitrogen and oxygen atoms in total. The maximum Gasteiger partial charge on any atom is 0.340 e. The van der Waals surface area contributed by atoms with Crippen LogP contribution >= 0.6 is 0 Å². The molecule has 1 N–H and O–H groups in total. The molecule has 3 rings (SSSR count). The SMILES string of the molecule is CC.CC.CC.COC(=O)c1c(C)nc2n[nH]c(C)c2c1-c1ccccc1. The van der Waals surface area contributed by atoms with Crippen LogP contribution in [0.25, 0.3) is 22.2 Å². The number of carbonyl (C=O) groups excluding carboxylic acids is 1. The summed E-state index contributed by atoms with van der Waals surface area (Å²) in [6.07, 6.45) is 0. The molecule has 0 aliphatic carbocycles. The van der Waals surface area contributed by atoms with E-state index in [1.165, 1.54) is 7.11 Å². The number of nitrogens with zero attached hydrogens (tertiary/aromatic N) is 2. The number of rotatable bonds is 2. The van der Waals surface area contributed by atoms with Crippen molar-refractivity contribution in [3.63, 3.8) is 0 Å². The van der Waals surface area contributed by atoms with Gasteiger partial charge >= 0.3 is 5.97 Å². The number of benzene rings is 1. The molecule has 0 saturated heterocycles. The summed E-state index contributed by atoms with van der Waals surface area (Å²) in [5, 5.41) is 7.99. The van der Waals surface area contributed by atoms with E-state index in [0.717, 1.165) is 22.2 Å². The molecule has 0 aliphatic heterocycles. The molecular formula is C22H33N3O2. The van der Waals surface area contributed by atoms with Gasteiger partial charge in [0.15, 0.2) is 5.65 Å². The van der Waals surface area contributed by atoms with Crippen molar-refractivity contribution in [2.24, 2.45) is 0 Å². The summed E-state index contributed by atoms with van der Waals surface area (Å²) in [7, 11) is 1.38. The van der Waals surface area contributed by atoms with Crippen LogP contribution in [-0.2, 0) is 4.74 Å².